The Hall–Kier alpha value is -1.13. The fourth-order valence-electron chi connectivity index (χ4n) is 1.98. The van der Waals surface area contributed by atoms with Gasteiger partial charge in [0.05, 0.1) is 0 Å². The molecule has 0 amide bonds. The van der Waals surface area contributed by atoms with E-state index in [4.69, 9.17) is 11.6 Å². The lowest BCUT2D eigenvalue weighted by atomic mass is 10.1. The number of hydrogen-bond donors (Lipinski definition) is 1. The summed E-state index contributed by atoms with van der Waals surface area (Å²) in [5.74, 6) is 1.52. The summed E-state index contributed by atoms with van der Waals surface area (Å²) < 4.78 is 1.08. The third-order valence-corrected chi connectivity index (χ3v) is 3.61. The van der Waals surface area contributed by atoms with E-state index in [0.717, 1.165) is 41.1 Å². The van der Waals surface area contributed by atoms with E-state index in [1.807, 2.05) is 12.1 Å². The van der Waals surface area contributed by atoms with Crippen molar-refractivity contribution in [3.8, 4) is 0 Å². The summed E-state index contributed by atoms with van der Waals surface area (Å²) in [6.07, 6.45) is 2.77. The maximum absolute atomic E-state index is 6.05. The Morgan fingerprint density at radius 3 is 2.70 bits per heavy atom. The third kappa shape index (κ3) is 3.93. The second kappa shape index (κ2) is 7.04. The minimum Gasteiger partial charge on any atom is -0.340 e. The van der Waals surface area contributed by atoms with Gasteiger partial charge < -0.3 is 5.32 Å². The highest BCUT2D eigenvalue weighted by molar-refractivity contribution is 9.10. The summed E-state index contributed by atoms with van der Waals surface area (Å²) >= 11 is 9.54. The molecule has 0 aliphatic heterocycles. The third-order valence-electron chi connectivity index (χ3n) is 2.93. The maximum Gasteiger partial charge on any atom is 0.135 e. The zero-order valence-electron chi connectivity index (χ0n) is 11.6. The Bertz CT molecular complexity index is 602. The second-order valence-electron chi connectivity index (χ2n) is 4.52. The van der Waals surface area contributed by atoms with E-state index < -0.39 is 0 Å². The number of benzene rings is 1. The molecule has 1 heterocycles. The van der Waals surface area contributed by atoms with Crippen molar-refractivity contribution in [1.29, 1.82) is 0 Å². The monoisotopic (exact) mass is 353 g/mol. The molecule has 1 aromatic heterocycles. The van der Waals surface area contributed by atoms with Gasteiger partial charge in [-0.1, -0.05) is 41.4 Å². The lowest BCUT2D eigenvalue weighted by Crippen LogP contribution is -2.02. The molecule has 0 spiro atoms. The van der Waals surface area contributed by atoms with E-state index in [1.165, 1.54) is 5.56 Å². The highest BCUT2D eigenvalue weighted by Gasteiger charge is 2.06. The molecule has 0 fully saturated rings. The fourth-order valence-corrected chi connectivity index (χ4v) is 2.59. The zero-order valence-corrected chi connectivity index (χ0v) is 13.9. The van der Waals surface area contributed by atoms with Gasteiger partial charge in [0.15, 0.2) is 0 Å². The molecular weight excluding hydrogens is 338 g/mol. The van der Waals surface area contributed by atoms with Crippen molar-refractivity contribution in [2.24, 2.45) is 0 Å². The normalized spacial score (nSPS) is 10.6. The lowest BCUT2D eigenvalue weighted by Gasteiger charge is -2.12. The molecule has 0 saturated heterocycles. The van der Waals surface area contributed by atoms with Gasteiger partial charge in [-0.05, 0) is 36.6 Å². The molecule has 0 atom stereocenters. The predicted octanol–water partition coefficient (Wildman–Crippen LogP) is 5.15. The molecule has 0 bridgehead atoms. The Balaban J connectivity index is 2.29. The first-order valence-electron chi connectivity index (χ1n) is 6.71. The smallest absolute Gasteiger partial charge is 0.135 e. The minimum atomic E-state index is 0.473. The summed E-state index contributed by atoms with van der Waals surface area (Å²) in [7, 11) is 0. The van der Waals surface area contributed by atoms with Crippen molar-refractivity contribution < 1.29 is 0 Å². The molecule has 3 nitrogen and oxygen atoms in total. The number of aromatic nitrogens is 2. The first-order valence-corrected chi connectivity index (χ1v) is 7.88. The van der Waals surface area contributed by atoms with Gasteiger partial charge >= 0.3 is 0 Å². The highest BCUT2D eigenvalue weighted by Crippen LogP contribution is 2.25. The van der Waals surface area contributed by atoms with Crippen LogP contribution in [0.3, 0.4) is 0 Å². The Labute approximate surface area is 132 Å². The molecule has 5 heteroatoms. The van der Waals surface area contributed by atoms with Crippen molar-refractivity contribution in [3.05, 3.63) is 45.3 Å². The van der Waals surface area contributed by atoms with Crippen LogP contribution in [-0.2, 0) is 12.8 Å². The molecule has 2 rings (SSSR count). The van der Waals surface area contributed by atoms with Crippen LogP contribution in [0.25, 0.3) is 0 Å². The molecule has 2 aromatic rings. The first kappa shape index (κ1) is 15.3. The molecule has 1 aromatic carbocycles. The predicted molar refractivity (Wildman–Crippen MR) is 87.8 cm³/mol. The molecule has 0 saturated carbocycles. The van der Waals surface area contributed by atoms with E-state index in [2.05, 4.69) is 51.1 Å². The minimum absolute atomic E-state index is 0.473. The summed E-state index contributed by atoms with van der Waals surface area (Å²) in [6.45, 7) is 4.23. The second-order valence-corrected chi connectivity index (χ2v) is 5.83. The van der Waals surface area contributed by atoms with Gasteiger partial charge in [-0.25, -0.2) is 9.97 Å². The summed E-state index contributed by atoms with van der Waals surface area (Å²) in [6, 6.07) is 7.91. The van der Waals surface area contributed by atoms with Gasteiger partial charge in [0.25, 0.3) is 0 Å². The van der Waals surface area contributed by atoms with Crippen LogP contribution in [0.2, 0.25) is 5.15 Å². The Morgan fingerprint density at radius 2 is 2.00 bits per heavy atom. The fraction of sp³-hybridized carbons (Fsp3) is 0.333. The number of rotatable bonds is 5. The van der Waals surface area contributed by atoms with Crippen LogP contribution in [0.1, 0.15) is 31.7 Å². The Kier molecular flexibility index (Phi) is 5.38. The largest absolute Gasteiger partial charge is 0.340 e. The van der Waals surface area contributed by atoms with Crippen molar-refractivity contribution in [2.75, 3.05) is 5.32 Å². The zero-order chi connectivity index (χ0) is 14.5. The molecular formula is C15H17BrClN3. The van der Waals surface area contributed by atoms with Crippen molar-refractivity contribution in [2.45, 2.75) is 33.1 Å². The lowest BCUT2D eigenvalue weighted by molar-refractivity contribution is 0.836. The molecule has 0 radical (unpaired) electrons. The molecule has 1 N–H and O–H groups in total. The molecule has 0 aliphatic carbocycles. The van der Waals surface area contributed by atoms with Gasteiger partial charge in [-0.15, -0.1) is 0 Å². The molecule has 20 heavy (non-hydrogen) atoms. The SMILES string of the molecule is CCCc1nc(Cl)cc(Nc2ccc(Br)cc2CC)n1. The molecule has 0 unspecified atom stereocenters. The van der Waals surface area contributed by atoms with E-state index in [-0.39, 0.29) is 0 Å². The van der Waals surface area contributed by atoms with Crippen molar-refractivity contribution in [1.82, 2.24) is 9.97 Å². The van der Waals surface area contributed by atoms with Crippen molar-refractivity contribution in [3.63, 3.8) is 0 Å². The van der Waals surface area contributed by atoms with Crippen LogP contribution in [0, 0.1) is 0 Å². The van der Waals surface area contributed by atoms with E-state index >= 15 is 0 Å². The first-order chi connectivity index (χ1) is 9.62. The molecule has 0 aliphatic rings. The van der Waals surface area contributed by atoms with Crippen LogP contribution >= 0.6 is 27.5 Å². The van der Waals surface area contributed by atoms with Crippen LogP contribution in [0.4, 0.5) is 11.5 Å². The van der Waals surface area contributed by atoms with Crippen molar-refractivity contribution >= 4 is 39.0 Å². The average molecular weight is 355 g/mol. The number of aryl methyl sites for hydroxylation is 2. The standard InChI is InChI=1S/C15H17BrClN3/c1-3-5-14-19-13(17)9-15(20-14)18-12-7-6-11(16)8-10(12)4-2/h6-9H,3-5H2,1-2H3,(H,18,19,20). The number of nitrogens with zero attached hydrogens (tertiary/aromatic N) is 2. The van der Waals surface area contributed by atoms with Gasteiger partial charge in [-0.3, -0.25) is 0 Å². The summed E-state index contributed by atoms with van der Waals surface area (Å²) in [4.78, 5) is 8.73. The van der Waals surface area contributed by atoms with E-state index in [1.54, 1.807) is 6.07 Å². The van der Waals surface area contributed by atoms with Gasteiger partial charge in [-0.2, -0.15) is 0 Å². The number of hydrogen-bond acceptors (Lipinski definition) is 3. The maximum atomic E-state index is 6.05. The van der Waals surface area contributed by atoms with Crippen LogP contribution in [-0.4, -0.2) is 9.97 Å². The topological polar surface area (TPSA) is 37.8 Å². The average Bonchev–Trinajstić information content (AvgIpc) is 2.40. The van der Waals surface area contributed by atoms with Gasteiger partial charge in [0.1, 0.15) is 16.8 Å². The highest BCUT2D eigenvalue weighted by atomic mass is 79.9. The van der Waals surface area contributed by atoms with Crippen LogP contribution in [0.5, 0.6) is 0 Å². The number of anilines is 2. The number of nitrogens with one attached hydrogen (secondary N) is 1. The van der Waals surface area contributed by atoms with E-state index in [0.29, 0.717) is 5.15 Å². The summed E-state index contributed by atoms with van der Waals surface area (Å²) in [5, 5.41) is 3.81. The number of halogens is 2. The quantitative estimate of drug-likeness (QED) is 0.754. The van der Waals surface area contributed by atoms with Gasteiger partial charge in [0.2, 0.25) is 0 Å². The van der Waals surface area contributed by atoms with Crippen LogP contribution < -0.4 is 5.32 Å². The van der Waals surface area contributed by atoms with Crippen LogP contribution in [0.15, 0.2) is 28.7 Å². The Morgan fingerprint density at radius 1 is 1.20 bits per heavy atom. The summed E-state index contributed by atoms with van der Waals surface area (Å²) in [5.41, 5.74) is 2.28. The van der Waals surface area contributed by atoms with E-state index in [9.17, 15) is 0 Å². The van der Waals surface area contributed by atoms with Gasteiger partial charge in [0, 0.05) is 22.6 Å². The molecule has 106 valence electrons.